The van der Waals surface area contributed by atoms with Gasteiger partial charge in [0, 0.05) is 29.9 Å². The summed E-state index contributed by atoms with van der Waals surface area (Å²) in [5.74, 6) is -3.36. The molecule has 0 fully saturated rings. The Morgan fingerprint density at radius 1 is 1.26 bits per heavy atom. The van der Waals surface area contributed by atoms with Crippen molar-refractivity contribution in [3.8, 4) is 5.75 Å². The summed E-state index contributed by atoms with van der Waals surface area (Å²) in [6, 6.07) is 7.44. The number of benzene rings is 1. The monoisotopic (exact) mass is 554 g/mol. The fraction of sp³-hybridized carbons (Fsp3) is 0.423. The van der Waals surface area contributed by atoms with Gasteiger partial charge >= 0.3 is 11.8 Å². The zero-order valence-corrected chi connectivity index (χ0v) is 23.0. The second-order valence-corrected chi connectivity index (χ2v) is 8.72. The molecular weight excluding hydrogens is 517 g/mol. The van der Waals surface area contributed by atoms with Crippen molar-refractivity contribution in [3.05, 3.63) is 60.3 Å². The second kappa shape index (κ2) is 16.8. The lowest BCUT2D eigenvalue weighted by molar-refractivity contribution is -0.145. The zero-order chi connectivity index (χ0) is 28.7. The molecule has 210 valence electrons. The van der Waals surface area contributed by atoms with Crippen molar-refractivity contribution in [2.45, 2.75) is 51.1 Å². The predicted molar refractivity (Wildman–Crippen MR) is 146 cm³/mol. The van der Waals surface area contributed by atoms with Crippen LogP contribution in [0.2, 0.25) is 0 Å². The maximum absolute atomic E-state index is 13.0. The van der Waals surface area contributed by atoms with Crippen molar-refractivity contribution in [1.82, 2.24) is 10.3 Å². The first-order valence-electron chi connectivity index (χ1n) is 12.1. The first-order valence-corrected chi connectivity index (χ1v) is 12.6. The summed E-state index contributed by atoms with van der Waals surface area (Å²) in [5, 5.41) is 17.0. The molecule has 0 spiro atoms. The van der Waals surface area contributed by atoms with Gasteiger partial charge in [-0.15, -0.1) is 0 Å². The highest BCUT2D eigenvalue weighted by Gasteiger charge is 2.24. The second-order valence-electron chi connectivity index (χ2n) is 8.05. The third kappa shape index (κ3) is 11.6. The SMILES string of the molecule is C=CC(=O)CCC.CCC(NC)c1c(C(O)COC(=O)CN)ccnc1Nc1ccc(OC(F)(F)P)cc1. The number of carbonyl (C=O) groups is 2. The molecule has 38 heavy (non-hydrogen) atoms. The van der Waals surface area contributed by atoms with Crippen LogP contribution in [-0.4, -0.2) is 47.9 Å². The number of aliphatic hydroxyl groups is 1. The molecule has 9 nitrogen and oxygen atoms in total. The molecule has 3 unspecified atom stereocenters. The molecule has 1 heterocycles. The highest BCUT2D eigenvalue weighted by Crippen LogP contribution is 2.34. The fourth-order valence-corrected chi connectivity index (χ4v) is 3.50. The van der Waals surface area contributed by atoms with Crippen LogP contribution in [-0.2, 0) is 14.3 Å². The van der Waals surface area contributed by atoms with Gasteiger partial charge in [-0.2, -0.15) is 8.78 Å². The number of rotatable bonds is 14. The van der Waals surface area contributed by atoms with Crippen molar-refractivity contribution < 1.29 is 33.0 Å². The van der Waals surface area contributed by atoms with E-state index in [9.17, 15) is 23.5 Å². The highest BCUT2D eigenvalue weighted by atomic mass is 31.0. The number of nitrogens with two attached hydrogens (primary N) is 1. The fourth-order valence-electron chi connectivity index (χ4n) is 3.37. The Labute approximate surface area is 224 Å². The molecule has 0 aliphatic rings. The minimum atomic E-state index is -3.36. The maximum Gasteiger partial charge on any atom is 0.408 e. The number of hydrogen-bond donors (Lipinski definition) is 4. The lowest BCUT2D eigenvalue weighted by Crippen LogP contribution is -2.23. The van der Waals surface area contributed by atoms with Crippen LogP contribution in [0.5, 0.6) is 5.75 Å². The van der Waals surface area contributed by atoms with E-state index in [1.165, 1.54) is 33.6 Å². The lowest BCUT2D eigenvalue weighted by atomic mass is 9.96. The summed E-state index contributed by atoms with van der Waals surface area (Å²) >= 11 is 0. The number of nitrogens with zero attached hydrogens (tertiary/aromatic N) is 1. The number of halogens is 2. The highest BCUT2D eigenvalue weighted by molar-refractivity contribution is 7.17. The number of aliphatic hydroxyl groups excluding tert-OH is 1. The molecule has 0 amide bonds. The van der Waals surface area contributed by atoms with Gasteiger partial charge < -0.3 is 30.9 Å². The topological polar surface area (TPSA) is 136 Å². The molecule has 1 aromatic carbocycles. The number of pyridine rings is 1. The molecule has 3 atom stereocenters. The number of nitrogens with one attached hydrogen (secondary N) is 2. The van der Waals surface area contributed by atoms with Crippen molar-refractivity contribution in [2.75, 3.05) is 25.5 Å². The number of carbonyl (C=O) groups excluding carboxylic acids is 2. The summed E-state index contributed by atoms with van der Waals surface area (Å²) < 4.78 is 35.4. The Morgan fingerprint density at radius 2 is 1.92 bits per heavy atom. The largest absolute Gasteiger partial charge is 0.462 e. The van der Waals surface area contributed by atoms with Crippen LogP contribution >= 0.6 is 9.24 Å². The molecule has 0 aliphatic heterocycles. The predicted octanol–water partition coefficient (Wildman–Crippen LogP) is 4.38. The van der Waals surface area contributed by atoms with E-state index in [4.69, 9.17) is 10.5 Å². The Kier molecular flexibility index (Phi) is 14.6. The molecule has 0 bridgehead atoms. The Hall–Kier alpha value is -2.98. The summed E-state index contributed by atoms with van der Waals surface area (Å²) in [6.45, 7) is 6.75. The third-order valence-corrected chi connectivity index (χ3v) is 5.27. The molecule has 0 saturated carbocycles. The van der Waals surface area contributed by atoms with Gasteiger partial charge in [0.25, 0.3) is 0 Å². The maximum atomic E-state index is 13.0. The third-order valence-electron chi connectivity index (χ3n) is 5.15. The van der Waals surface area contributed by atoms with Gasteiger partial charge in [-0.25, -0.2) is 4.98 Å². The summed E-state index contributed by atoms with van der Waals surface area (Å²) in [5.41, 5.74) is 7.05. The van der Waals surface area contributed by atoms with E-state index in [0.29, 0.717) is 35.5 Å². The van der Waals surface area contributed by atoms with Crippen LogP contribution in [0.25, 0.3) is 0 Å². The van der Waals surface area contributed by atoms with E-state index in [1.54, 1.807) is 25.2 Å². The van der Waals surface area contributed by atoms with Gasteiger partial charge in [-0.3, -0.25) is 9.59 Å². The average molecular weight is 555 g/mol. The van der Waals surface area contributed by atoms with Gasteiger partial charge in [0.1, 0.15) is 24.3 Å². The summed E-state index contributed by atoms with van der Waals surface area (Å²) in [4.78, 5) is 26.0. The van der Waals surface area contributed by atoms with Crippen molar-refractivity contribution in [3.63, 3.8) is 0 Å². The molecule has 0 radical (unpaired) electrons. The van der Waals surface area contributed by atoms with Crippen LogP contribution < -0.4 is 21.1 Å². The number of ketones is 1. The number of hydrogen-bond acceptors (Lipinski definition) is 9. The molecular formula is C26H37F2N4O5P. The Morgan fingerprint density at radius 3 is 2.39 bits per heavy atom. The van der Waals surface area contributed by atoms with E-state index < -0.39 is 17.9 Å². The van der Waals surface area contributed by atoms with Crippen molar-refractivity contribution in [2.24, 2.45) is 5.73 Å². The van der Waals surface area contributed by atoms with Gasteiger partial charge in [0.05, 0.1) is 6.54 Å². The number of allylic oxidation sites excluding steroid dienone is 1. The number of anilines is 2. The molecule has 1 aromatic heterocycles. The molecule has 12 heteroatoms. The zero-order valence-electron chi connectivity index (χ0n) is 21.9. The van der Waals surface area contributed by atoms with E-state index in [2.05, 4.69) is 26.9 Å². The minimum Gasteiger partial charge on any atom is -0.462 e. The molecule has 2 aromatic rings. The molecule has 0 saturated heterocycles. The van der Waals surface area contributed by atoms with Gasteiger partial charge in [-0.05, 0) is 71.1 Å². The van der Waals surface area contributed by atoms with Crippen LogP contribution in [0.1, 0.15) is 56.4 Å². The average Bonchev–Trinajstić information content (AvgIpc) is 2.89. The summed E-state index contributed by atoms with van der Waals surface area (Å²) in [6.07, 6.45) is 4.05. The van der Waals surface area contributed by atoms with Gasteiger partial charge in [0.15, 0.2) is 5.78 Å². The normalized spacial score (nSPS) is 12.4. The number of aromatic nitrogens is 1. The number of esters is 1. The number of alkyl halides is 2. The Balaban J connectivity index is 0.000000905. The first-order chi connectivity index (χ1) is 18.0. The summed E-state index contributed by atoms with van der Waals surface area (Å²) in [7, 11) is 3.10. The Bertz CT molecular complexity index is 1030. The molecule has 5 N–H and O–H groups in total. The van der Waals surface area contributed by atoms with Crippen LogP contribution in [0.4, 0.5) is 20.3 Å². The van der Waals surface area contributed by atoms with Crippen LogP contribution in [0, 0.1) is 0 Å². The molecule has 0 aliphatic carbocycles. The van der Waals surface area contributed by atoms with E-state index in [0.717, 1.165) is 6.42 Å². The van der Waals surface area contributed by atoms with Crippen molar-refractivity contribution in [1.29, 1.82) is 0 Å². The van der Waals surface area contributed by atoms with Gasteiger partial charge in [0.2, 0.25) is 0 Å². The quantitative estimate of drug-likeness (QED) is 0.152. The van der Waals surface area contributed by atoms with Crippen molar-refractivity contribution >= 4 is 32.5 Å². The smallest absolute Gasteiger partial charge is 0.408 e. The van der Waals surface area contributed by atoms with E-state index >= 15 is 0 Å². The standard InChI is InChI=1S/C20H27F2N4O4P.C6H10O/c1-3-15(24-2)18-14(16(27)11-29-17(28)10-23)8-9-25-19(18)26-12-4-6-13(7-5-12)30-20(21,22)31;1-3-5-6(7)4-2/h4-9,15-16,24,27H,3,10-11,23,31H2,1-2H3,(H,25,26);4H,2-3,5H2,1H3. The molecule has 2 rings (SSSR count). The first kappa shape index (κ1) is 33.0. The van der Waals surface area contributed by atoms with E-state index in [-0.39, 0.29) is 30.7 Å². The number of ether oxygens (including phenoxy) is 2. The van der Waals surface area contributed by atoms with Crippen LogP contribution in [0.15, 0.2) is 49.2 Å². The van der Waals surface area contributed by atoms with Crippen LogP contribution in [0.3, 0.4) is 0 Å². The van der Waals surface area contributed by atoms with Gasteiger partial charge in [-0.1, -0.05) is 20.4 Å². The lowest BCUT2D eigenvalue weighted by Gasteiger charge is -2.24. The van der Waals surface area contributed by atoms with E-state index in [1.807, 2.05) is 13.8 Å². The minimum absolute atomic E-state index is 0.00582.